The van der Waals surface area contributed by atoms with Crippen molar-refractivity contribution in [1.29, 1.82) is 0 Å². The molecule has 0 aliphatic carbocycles. The summed E-state index contributed by atoms with van der Waals surface area (Å²) in [6, 6.07) is 14.2. The fourth-order valence-corrected chi connectivity index (χ4v) is 3.49. The summed E-state index contributed by atoms with van der Waals surface area (Å²) in [6.07, 6.45) is 0.949. The molecule has 0 radical (unpaired) electrons. The van der Waals surface area contributed by atoms with E-state index in [-0.39, 0.29) is 0 Å². The zero-order valence-electron chi connectivity index (χ0n) is 16.3. The van der Waals surface area contributed by atoms with Crippen LogP contribution in [0.25, 0.3) is 0 Å². The molecule has 0 spiro atoms. The van der Waals surface area contributed by atoms with E-state index in [0.29, 0.717) is 35.8 Å². The molecule has 1 aliphatic rings. The van der Waals surface area contributed by atoms with Gasteiger partial charge in [0.15, 0.2) is 5.54 Å². The zero-order valence-corrected chi connectivity index (χ0v) is 16.3. The molecule has 2 aromatic carbocycles. The lowest BCUT2D eigenvalue weighted by Crippen LogP contribution is -2.53. The molecule has 1 fully saturated rings. The Labute approximate surface area is 169 Å². The number of esters is 2. The quantitative estimate of drug-likeness (QED) is 0.437. The van der Waals surface area contributed by atoms with Crippen LogP contribution in [-0.2, 0) is 24.6 Å². The molecule has 1 unspecified atom stereocenters. The first-order chi connectivity index (χ1) is 14.0. The first-order valence-electron chi connectivity index (χ1n) is 9.13. The number of nitrogens with one attached hydrogen (secondary N) is 1. The molecule has 1 aliphatic heterocycles. The van der Waals surface area contributed by atoms with E-state index in [1.165, 1.54) is 7.11 Å². The van der Waals surface area contributed by atoms with Gasteiger partial charge in [0, 0.05) is 24.8 Å². The maximum absolute atomic E-state index is 13.1. The normalized spacial score (nSPS) is 20.7. The maximum Gasteiger partial charge on any atom is 0.341 e. The van der Waals surface area contributed by atoms with Crippen molar-refractivity contribution in [3.8, 4) is 17.2 Å². The van der Waals surface area contributed by atoms with Gasteiger partial charge >= 0.3 is 11.9 Å². The van der Waals surface area contributed by atoms with Crippen molar-refractivity contribution in [2.45, 2.75) is 18.1 Å². The molecule has 1 saturated heterocycles. The fourth-order valence-electron chi connectivity index (χ4n) is 3.49. The highest BCUT2D eigenvalue weighted by molar-refractivity contribution is 5.97. The summed E-state index contributed by atoms with van der Waals surface area (Å²) in [5.41, 5.74) is -0.892. The van der Waals surface area contributed by atoms with Crippen LogP contribution in [0.15, 0.2) is 61.2 Å². The van der Waals surface area contributed by atoms with Crippen LogP contribution in [0.1, 0.15) is 12.0 Å². The van der Waals surface area contributed by atoms with E-state index in [1.54, 1.807) is 55.6 Å². The lowest BCUT2D eigenvalue weighted by Gasteiger charge is -2.33. The van der Waals surface area contributed by atoms with Gasteiger partial charge in [0.1, 0.15) is 17.2 Å². The van der Waals surface area contributed by atoms with E-state index in [1.807, 2.05) is 0 Å². The second kappa shape index (κ2) is 8.89. The largest absolute Gasteiger partial charge is 0.497 e. The topological polar surface area (TPSA) is 83.1 Å². The van der Waals surface area contributed by atoms with Crippen LogP contribution in [-0.4, -0.2) is 38.8 Å². The number of para-hydroxylation sites is 1. The molecule has 7 heteroatoms. The lowest BCUT2D eigenvalue weighted by atomic mass is 9.85. The smallest absolute Gasteiger partial charge is 0.341 e. The Bertz CT molecular complexity index is 912. The number of benzene rings is 2. The number of carbonyl (C=O) groups is 2. The molecule has 0 amide bonds. The van der Waals surface area contributed by atoms with Gasteiger partial charge in [-0.25, -0.2) is 9.59 Å². The molecule has 2 atom stereocenters. The molecule has 7 nitrogen and oxygen atoms in total. The molecule has 0 bridgehead atoms. The Morgan fingerprint density at radius 3 is 2.62 bits per heavy atom. The minimum absolute atomic E-state index is 0.431. The Morgan fingerprint density at radius 2 is 1.90 bits per heavy atom. The van der Waals surface area contributed by atoms with Crippen molar-refractivity contribution in [2.75, 3.05) is 20.8 Å². The van der Waals surface area contributed by atoms with Crippen LogP contribution in [0.3, 0.4) is 0 Å². The summed E-state index contributed by atoms with van der Waals surface area (Å²) in [5, 5.41) is 3.17. The maximum atomic E-state index is 13.1. The Balaban J connectivity index is 2.06. The van der Waals surface area contributed by atoms with Crippen LogP contribution < -0.4 is 14.8 Å². The van der Waals surface area contributed by atoms with Crippen LogP contribution in [0, 0.1) is 0 Å². The third-order valence-corrected chi connectivity index (χ3v) is 4.84. The van der Waals surface area contributed by atoms with Crippen LogP contribution in [0.5, 0.6) is 17.2 Å². The van der Waals surface area contributed by atoms with Gasteiger partial charge in [0.05, 0.1) is 13.2 Å². The van der Waals surface area contributed by atoms with Gasteiger partial charge in [-0.3, -0.25) is 5.32 Å². The number of carbonyl (C=O) groups excluding carboxylic acids is 2. The van der Waals surface area contributed by atoms with Crippen molar-refractivity contribution < 1.29 is 28.5 Å². The summed E-state index contributed by atoms with van der Waals surface area (Å²) in [6.45, 7) is 3.85. The van der Waals surface area contributed by atoms with E-state index in [2.05, 4.69) is 11.9 Å². The van der Waals surface area contributed by atoms with Crippen LogP contribution >= 0.6 is 0 Å². The molecular formula is C22H23NO6. The number of methoxy groups -OCH3 is 2. The monoisotopic (exact) mass is 397 g/mol. The number of ether oxygens (including phenoxy) is 4. The minimum atomic E-state index is -1.40. The molecule has 1 N–H and O–H groups in total. The van der Waals surface area contributed by atoms with Gasteiger partial charge in [-0.2, -0.15) is 0 Å². The van der Waals surface area contributed by atoms with Crippen LogP contribution in [0.4, 0.5) is 0 Å². The van der Waals surface area contributed by atoms with Crippen molar-refractivity contribution >= 4 is 11.9 Å². The van der Waals surface area contributed by atoms with Crippen molar-refractivity contribution in [3.05, 3.63) is 66.7 Å². The average molecular weight is 397 g/mol. The highest BCUT2D eigenvalue weighted by Crippen LogP contribution is 2.41. The molecule has 2 aromatic rings. The van der Waals surface area contributed by atoms with Crippen molar-refractivity contribution in [3.63, 3.8) is 0 Å². The Kier molecular flexibility index (Phi) is 6.31. The first kappa shape index (κ1) is 20.6. The summed E-state index contributed by atoms with van der Waals surface area (Å²) in [7, 11) is 3.08. The third kappa shape index (κ3) is 4.01. The van der Waals surface area contributed by atoms with E-state index < -0.39 is 23.6 Å². The molecule has 1 heterocycles. The molecular weight excluding hydrogens is 374 g/mol. The predicted molar refractivity (Wildman–Crippen MR) is 106 cm³/mol. The van der Waals surface area contributed by atoms with Crippen molar-refractivity contribution in [1.82, 2.24) is 5.32 Å². The summed E-state index contributed by atoms with van der Waals surface area (Å²) in [4.78, 5) is 24.8. The van der Waals surface area contributed by atoms with Gasteiger partial charge in [-0.15, -0.1) is 0 Å². The van der Waals surface area contributed by atoms with E-state index in [0.717, 1.165) is 6.08 Å². The second-order valence-electron chi connectivity index (χ2n) is 6.44. The van der Waals surface area contributed by atoms with Crippen molar-refractivity contribution in [2.24, 2.45) is 0 Å². The highest BCUT2D eigenvalue weighted by atomic mass is 16.6. The molecule has 152 valence electrons. The standard InChI is InChI=1S/C22H23NO6/c1-4-20(24)29-21(25)22(19(27-3)12-13-23-22)17-10-5-6-11-18(17)28-16-9-7-8-15(14-16)26-2/h4-11,14,19,23H,1,12-13H2,2-3H3/t19?,22-/m0/s1. The molecule has 0 aromatic heterocycles. The van der Waals surface area contributed by atoms with Gasteiger partial charge in [0.25, 0.3) is 0 Å². The molecule has 29 heavy (non-hydrogen) atoms. The summed E-state index contributed by atoms with van der Waals surface area (Å²) >= 11 is 0. The van der Waals surface area contributed by atoms with E-state index in [9.17, 15) is 9.59 Å². The summed E-state index contributed by atoms with van der Waals surface area (Å²) < 4.78 is 21.9. The molecule has 3 rings (SSSR count). The fraction of sp³-hybridized carbons (Fsp3) is 0.273. The zero-order chi connectivity index (χ0) is 20.9. The number of rotatable bonds is 7. The van der Waals surface area contributed by atoms with Gasteiger partial charge in [0.2, 0.25) is 0 Å². The number of hydrogen-bond acceptors (Lipinski definition) is 7. The van der Waals surface area contributed by atoms with E-state index >= 15 is 0 Å². The lowest BCUT2D eigenvalue weighted by molar-refractivity contribution is -0.165. The minimum Gasteiger partial charge on any atom is -0.497 e. The first-order valence-corrected chi connectivity index (χ1v) is 9.13. The third-order valence-electron chi connectivity index (χ3n) is 4.84. The Hall–Kier alpha value is -3.16. The second-order valence-corrected chi connectivity index (χ2v) is 6.44. The Morgan fingerprint density at radius 1 is 1.14 bits per heavy atom. The van der Waals surface area contributed by atoms with Gasteiger partial charge in [-0.05, 0) is 31.2 Å². The molecule has 0 saturated carbocycles. The average Bonchev–Trinajstić information content (AvgIpc) is 3.19. The number of hydrogen-bond donors (Lipinski definition) is 1. The van der Waals surface area contributed by atoms with E-state index in [4.69, 9.17) is 18.9 Å². The summed E-state index contributed by atoms with van der Waals surface area (Å²) in [5.74, 6) is 0.00617. The highest BCUT2D eigenvalue weighted by Gasteiger charge is 2.54. The van der Waals surface area contributed by atoms with Gasteiger partial charge < -0.3 is 18.9 Å². The predicted octanol–water partition coefficient (Wildman–Crippen LogP) is 2.95. The van der Waals surface area contributed by atoms with Crippen LogP contribution in [0.2, 0.25) is 0 Å². The SMILES string of the molecule is C=CC(=O)OC(=O)[C@@]1(c2ccccc2Oc2cccc(OC)c2)NCCC1OC. The van der Waals surface area contributed by atoms with Gasteiger partial charge in [-0.1, -0.05) is 30.8 Å².